The number of nitrogens with zero attached hydrogens (tertiary/aromatic N) is 1. The van der Waals surface area contributed by atoms with Crippen LogP contribution in [0.25, 0.3) is 10.1 Å². The van der Waals surface area contributed by atoms with E-state index in [1.807, 2.05) is 17.0 Å². The molecular formula is C15H17ClN2O2S. The molecule has 2 aromatic rings. The van der Waals surface area contributed by atoms with E-state index in [9.17, 15) is 4.79 Å². The van der Waals surface area contributed by atoms with Crippen molar-refractivity contribution in [3.63, 3.8) is 0 Å². The second kappa shape index (κ2) is 5.83. The molecule has 0 radical (unpaired) electrons. The number of piperidine rings is 1. The van der Waals surface area contributed by atoms with Crippen LogP contribution < -0.4 is 5.73 Å². The molecule has 2 heterocycles. The maximum atomic E-state index is 12.7. The molecule has 0 spiro atoms. The van der Waals surface area contributed by atoms with Crippen LogP contribution in [0.1, 0.15) is 22.5 Å². The van der Waals surface area contributed by atoms with Crippen molar-refractivity contribution in [2.24, 2.45) is 0 Å². The quantitative estimate of drug-likeness (QED) is 0.921. The normalized spacial score (nSPS) is 19.1. The molecule has 1 saturated heterocycles. The van der Waals surface area contributed by atoms with E-state index in [1.165, 1.54) is 11.3 Å². The zero-order chi connectivity index (χ0) is 15.0. The summed E-state index contributed by atoms with van der Waals surface area (Å²) in [5.41, 5.74) is 6.70. The number of anilines is 1. The van der Waals surface area contributed by atoms with Gasteiger partial charge in [-0.15, -0.1) is 11.3 Å². The molecule has 3 rings (SSSR count). The summed E-state index contributed by atoms with van der Waals surface area (Å²) in [4.78, 5) is 15.1. The van der Waals surface area contributed by atoms with Crippen molar-refractivity contribution < 1.29 is 9.53 Å². The van der Waals surface area contributed by atoms with E-state index in [0.29, 0.717) is 22.1 Å². The highest BCUT2D eigenvalue weighted by Crippen LogP contribution is 2.36. The van der Waals surface area contributed by atoms with Crippen LogP contribution in [0.2, 0.25) is 5.02 Å². The molecule has 0 aliphatic carbocycles. The molecule has 2 N–H and O–H groups in total. The van der Waals surface area contributed by atoms with Gasteiger partial charge in [-0.1, -0.05) is 11.6 Å². The highest BCUT2D eigenvalue weighted by atomic mass is 35.5. The minimum Gasteiger partial charge on any atom is -0.397 e. The van der Waals surface area contributed by atoms with E-state index in [2.05, 4.69) is 0 Å². The highest BCUT2D eigenvalue weighted by Gasteiger charge is 2.27. The molecule has 1 aromatic carbocycles. The maximum absolute atomic E-state index is 12.7. The summed E-state index contributed by atoms with van der Waals surface area (Å²) >= 11 is 7.41. The molecule has 1 aliphatic rings. The number of rotatable bonds is 2. The van der Waals surface area contributed by atoms with E-state index >= 15 is 0 Å². The number of nitrogen functional groups attached to an aromatic ring is 1. The fourth-order valence-corrected chi connectivity index (χ4v) is 4.07. The lowest BCUT2D eigenvalue weighted by Gasteiger charge is -2.31. The van der Waals surface area contributed by atoms with Crippen molar-refractivity contribution in [3.05, 3.63) is 28.1 Å². The van der Waals surface area contributed by atoms with Gasteiger partial charge in [-0.25, -0.2) is 0 Å². The van der Waals surface area contributed by atoms with Gasteiger partial charge in [0.05, 0.1) is 11.8 Å². The van der Waals surface area contributed by atoms with Crippen molar-refractivity contribution >= 4 is 44.6 Å². The molecule has 6 heteroatoms. The number of likely N-dealkylation sites (tertiary alicyclic amines) is 1. The Morgan fingerprint density at radius 3 is 3.10 bits per heavy atom. The number of fused-ring (bicyclic) bond motifs is 1. The van der Waals surface area contributed by atoms with E-state index in [-0.39, 0.29) is 12.0 Å². The smallest absolute Gasteiger partial charge is 0.266 e. The van der Waals surface area contributed by atoms with Crippen LogP contribution in [0, 0.1) is 0 Å². The van der Waals surface area contributed by atoms with E-state index in [0.717, 1.165) is 29.5 Å². The largest absolute Gasteiger partial charge is 0.397 e. The Kier molecular flexibility index (Phi) is 4.06. The Hall–Kier alpha value is -1.30. The fraction of sp³-hybridized carbons (Fsp3) is 0.400. The lowest BCUT2D eigenvalue weighted by molar-refractivity contribution is 0.0272. The Morgan fingerprint density at radius 1 is 1.52 bits per heavy atom. The number of nitrogens with two attached hydrogens (primary N) is 1. The molecule has 1 fully saturated rings. The van der Waals surface area contributed by atoms with Gasteiger partial charge in [0.15, 0.2) is 0 Å². The van der Waals surface area contributed by atoms with Gasteiger partial charge >= 0.3 is 0 Å². The first kappa shape index (κ1) is 14.6. The summed E-state index contributed by atoms with van der Waals surface area (Å²) < 4.78 is 6.32. The number of hydrogen-bond donors (Lipinski definition) is 1. The summed E-state index contributed by atoms with van der Waals surface area (Å²) in [6.45, 7) is 1.39. The summed E-state index contributed by atoms with van der Waals surface area (Å²) in [5, 5.41) is 1.55. The first-order valence-electron chi connectivity index (χ1n) is 6.89. The average molecular weight is 325 g/mol. The van der Waals surface area contributed by atoms with Crippen molar-refractivity contribution in [2.45, 2.75) is 18.9 Å². The molecule has 112 valence electrons. The standard InChI is InChI=1S/C15H17ClN2O2S/c1-20-10-3-2-6-18(8-10)15(19)14-13(17)11-5-4-9(16)7-12(11)21-14/h4-5,7,10H,2-3,6,8,17H2,1H3. The number of methoxy groups -OCH3 is 1. The molecule has 1 amide bonds. The van der Waals surface area contributed by atoms with Gasteiger partial charge in [0, 0.05) is 35.3 Å². The second-order valence-corrected chi connectivity index (χ2v) is 6.73. The average Bonchev–Trinajstić information content (AvgIpc) is 2.83. The zero-order valence-electron chi connectivity index (χ0n) is 11.8. The summed E-state index contributed by atoms with van der Waals surface area (Å²) in [6.07, 6.45) is 2.08. The van der Waals surface area contributed by atoms with Crippen LogP contribution >= 0.6 is 22.9 Å². The molecular weight excluding hydrogens is 308 g/mol. The Labute approximate surface area is 132 Å². The number of amides is 1. The number of hydrogen-bond acceptors (Lipinski definition) is 4. The predicted octanol–water partition coefficient (Wildman–Crippen LogP) is 3.39. The van der Waals surface area contributed by atoms with Gasteiger partial charge in [0.25, 0.3) is 5.91 Å². The van der Waals surface area contributed by atoms with Crippen LogP contribution in [0.5, 0.6) is 0 Å². The predicted molar refractivity (Wildman–Crippen MR) is 87.2 cm³/mol. The topological polar surface area (TPSA) is 55.6 Å². The van der Waals surface area contributed by atoms with Crippen molar-refractivity contribution in [2.75, 3.05) is 25.9 Å². The molecule has 21 heavy (non-hydrogen) atoms. The van der Waals surface area contributed by atoms with Crippen LogP contribution in [-0.4, -0.2) is 37.1 Å². The monoisotopic (exact) mass is 324 g/mol. The van der Waals surface area contributed by atoms with Gasteiger partial charge < -0.3 is 15.4 Å². The number of thiophene rings is 1. The molecule has 1 aliphatic heterocycles. The van der Waals surface area contributed by atoms with Crippen molar-refractivity contribution in [1.82, 2.24) is 4.90 Å². The van der Waals surface area contributed by atoms with Crippen molar-refractivity contribution in [3.8, 4) is 0 Å². The van der Waals surface area contributed by atoms with Gasteiger partial charge in [-0.2, -0.15) is 0 Å². The third-order valence-corrected chi connectivity index (χ3v) is 5.27. The number of carbonyl (C=O) groups excluding carboxylic acids is 1. The third kappa shape index (κ3) is 2.73. The molecule has 0 saturated carbocycles. The highest BCUT2D eigenvalue weighted by molar-refractivity contribution is 7.21. The van der Waals surface area contributed by atoms with Crippen molar-refractivity contribution in [1.29, 1.82) is 0 Å². The molecule has 4 nitrogen and oxygen atoms in total. The van der Waals surface area contributed by atoms with E-state index in [4.69, 9.17) is 22.1 Å². The van der Waals surface area contributed by atoms with Crippen LogP contribution in [0.15, 0.2) is 18.2 Å². The van der Waals surface area contributed by atoms with Crippen LogP contribution in [0.3, 0.4) is 0 Å². The van der Waals surface area contributed by atoms with E-state index < -0.39 is 0 Å². The molecule has 1 atom stereocenters. The minimum absolute atomic E-state index is 0.00780. The lowest BCUT2D eigenvalue weighted by atomic mass is 10.1. The SMILES string of the molecule is COC1CCCN(C(=O)c2sc3cc(Cl)ccc3c2N)C1. The zero-order valence-corrected chi connectivity index (χ0v) is 13.3. The van der Waals surface area contributed by atoms with Crippen LogP contribution in [-0.2, 0) is 4.74 Å². The summed E-state index contributed by atoms with van der Waals surface area (Å²) in [6, 6.07) is 5.51. The molecule has 1 unspecified atom stereocenters. The fourth-order valence-electron chi connectivity index (χ4n) is 2.71. The van der Waals surface area contributed by atoms with Gasteiger partial charge in [-0.3, -0.25) is 4.79 Å². The Balaban J connectivity index is 1.92. The number of carbonyl (C=O) groups is 1. The minimum atomic E-state index is -0.00780. The Bertz CT molecular complexity index is 686. The van der Waals surface area contributed by atoms with Crippen LogP contribution in [0.4, 0.5) is 5.69 Å². The molecule has 1 aromatic heterocycles. The second-order valence-electron chi connectivity index (χ2n) is 5.24. The van der Waals surface area contributed by atoms with E-state index in [1.54, 1.807) is 13.2 Å². The first-order valence-corrected chi connectivity index (χ1v) is 8.09. The number of halogens is 1. The third-order valence-electron chi connectivity index (χ3n) is 3.88. The maximum Gasteiger partial charge on any atom is 0.266 e. The summed E-state index contributed by atoms with van der Waals surface area (Å²) in [5.74, 6) is -0.00780. The number of ether oxygens (including phenoxy) is 1. The van der Waals surface area contributed by atoms with Gasteiger partial charge in [0.1, 0.15) is 4.88 Å². The number of benzene rings is 1. The van der Waals surface area contributed by atoms with Gasteiger partial charge in [-0.05, 0) is 31.0 Å². The lowest BCUT2D eigenvalue weighted by Crippen LogP contribution is -2.42. The first-order chi connectivity index (χ1) is 10.1. The summed E-state index contributed by atoms with van der Waals surface area (Å²) in [7, 11) is 1.69. The molecule has 0 bridgehead atoms. The van der Waals surface area contributed by atoms with Gasteiger partial charge in [0.2, 0.25) is 0 Å². The Morgan fingerprint density at radius 2 is 2.33 bits per heavy atom.